The van der Waals surface area contributed by atoms with E-state index in [0.717, 1.165) is 6.42 Å². The van der Waals surface area contributed by atoms with Gasteiger partial charge < -0.3 is 15.2 Å². The van der Waals surface area contributed by atoms with Crippen molar-refractivity contribution in [1.82, 2.24) is 0 Å². The summed E-state index contributed by atoms with van der Waals surface area (Å²) in [4.78, 5) is 22.9. The van der Waals surface area contributed by atoms with E-state index in [-0.39, 0.29) is 17.4 Å². The number of carboxylic acid groups (broad SMARTS) is 1. The Morgan fingerprint density at radius 3 is 2.84 bits per heavy atom. The minimum atomic E-state index is -0.992. The maximum absolute atomic E-state index is 12.1. The second-order valence-electron chi connectivity index (χ2n) is 4.98. The molecule has 0 aromatic carbocycles. The highest BCUT2D eigenvalue weighted by Gasteiger charge is 2.36. The lowest BCUT2D eigenvalue weighted by atomic mass is 9.89. The van der Waals surface area contributed by atoms with Crippen LogP contribution in [0.15, 0.2) is 11.4 Å². The topological polar surface area (TPSA) is 75.6 Å². The van der Waals surface area contributed by atoms with Crippen LogP contribution in [0.1, 0.15) is 30.6 Å². The van der Waals surface area contributed by atoms with Crippen molar-refractivity contribution >= 4 is 28.2 Å². The average molecular weight is 283 g/mol. The average Bonchev–Trinajstić information content (AvgIpc) is 2.96. The molecule has 19 heavy (non-hydrogen) atoms. The fourth-order valence-electron chi connectivity index (χ4n) is 2.27. The Labute approximate surface area is 115 Å². The lowest BCUT2D eigenvalue weighted by Crippen LogP contribution is -2.34. The van der Waals surface area contributed by atoms with Gasteiger partial charge in [0.15, 0.2) is 0 Å². The van der Waals surface area contributed by atoms with Crippen molar-refractivity contribution in [2.24, 2.45) is 11.8 Å². The maximum Gasteiger partial charge on any atom is 0.336 e. The van der Waals surface area contributed by atoms with Crippen LogP contribution in [-0.4, -0.2) is 29.7 Å². The number of carboxylic acids is 1. The normalized spacial score (nSPS) is 22.7. The minimum absolute atomic E-state index is 0.185. The predicted molar refractivity (Wildman–Crippen MR) is 72.6 cm³/mol. The van der Waals surface area contributed by atoms with Crippen molar-refractivity contribution in [2.75, 3.05) is 11.9 Å². The predicted octanol–water partition coefficient (Wildman–Crippen LogP) is 2.45. The molecule has 2 atom stereocenters. The van der Waals surface area contributed by atoms with Crippen LogP contribution in [0.5, 0.6) is 0 Å². The second-order valence-corrected chi connectivity index (χ2v) is 5.89. The summed E-state index contributed by atoms with van der Waals surface area (Å²) in [6.07, 6.45) is 0.455. The van der Waals surface area contributed by atoms with Crippen LogP contribution >= 0.6 is 11.3 Å². The van der Waals surface area contributed by atoms with Gasteiger partial charge in [-0.2, -0.15) is 0 Å². The van der Waals surface area contributed by atoms with Gasteiger partial charge in [-0.05, 0) is 24.3 Å². The number of hydrogen-bond donors (Lipinski definition) is 2. The summed E-state index contributed by atoms with van der Waals surface area (Å²) < 4.78 is 5.49. The first kappa shape index (κ1) is 14.0. The van der Waals surface area contributed by atoms with Crippen molar-refractivity contribution in [2.45, 2.75) is 26.4 Å². The monoisotopic (exact) mass is 283 g/mol. The summed E-state index contributed by atoms with van der Waals surface area (Å²) in [7, 11) is 0. The van der Waals surface area contributed by atoms with Gasteiger partial charge >= 0.3 is 5.97 Å². The molecule has 5 nitrogen and oxygen atoms in total. The highest BCUT2D eigenvalue weighted by atomic mass is 32.1. The van der Waals surface area contributed by atoms with Crippen molar-refractivity contribution in [3.05, 3.63) is 17.0 Å². The van der Waals surface area contributed by atoms with Gasteiger partial charge in [-0.25, -0.2) is 4.79 Å². The number of carbonyl (C=O) groups excluding carboxylic acids is 1. The molecule has 104 valence electrons. The number of aromatic carboxylic acids is 1. The number of rotatable bonds is 4. The number of carbonyl (C=O) groups is 2. The molecule has 1 aromatic heterocycles. The third kappa shape index (κ3) is 3.13. The molecule has 0 saturated carbocycles. The Balaban J connectivity index is 2.02. The number of nitrogens with one attached hydrogen (secondary N) is 1. The van der Waals surface area contributed by atoms with E-state index < -0.39 is 12.1 Å². The largest absolute Gasteiger partial charge is 0.478 e. The van der Waals surface area contributed by atoms with Crippen LogP contribution in [0.3, 0.4) is 0 Å². The van der Waals surface area contributed by atoms with E-state index in [9.17, 15) is 9.59 Å². The molecule has 1 amide bonds. The van der Waals surface area contributed by atoms with Gasteiger partial charge in [-0.3, -0.25) is 4.79 Å². The van der Waals surface area contributed by atoms with Crippen molar-refractivity contribution in [3.63, 3.8) is 0 Å². The highest BCUT2D eigenvalue weighted by Crippen LogP contribution is 2.29. The molecule has 2 N–H and O–H groups in total. The molecule has 0 bridgehead atoms. The second kappa shape index (κ2) is 5.71. The first-order chi connectivity index (χ1) is 8.99. The van der Waals surface area contributed by atoms with E-state index in [0.29, 0.717) is 17.5 Å². The van der Waals surface area contributed by atoms with Gasteiger partial charge in [0.25, 0.3) is 5.91 Å². The number of amides is 1. The molecule has 2 rings (SSSR count). The molecule has 0 unspecified atom stereocenters. The molecule has 1 aliphatic heterocycles. The molecular weight excluding hydrogens is 266 g/mol. The zero-order valence-corrected chi connectivity index (χ0v) is 11.7. The summed E-state index contributed by atoms with van der Waals surface area (Å²) in [6.45, 7) is 4.76. The number of anilines is 1. The van der Waals surface area contributed by atoms with E-state index in [4.69, 9.17) is 9.84 Å². The molecule has 6 heteroatoms. The van der Waals surface area contributed by atoms with Gasteiger partial charge in [0.2, 0.25) is 0 Å². The van der Waals surface area contributed by atoms with Crippen molar-refractivity contribution in [3.8, 4) is 0 Å². The van der Waals surface area contributed by atoms with Gasteiger partial charge in [-0.15, -0.1) is 11.3 Å². The molecular formula is C13H17NO4S. The first-order valence-corrected chi connectivity index (χ1v) is 7.11. The Morgan fingerprint density at radius 1 is 1.53 bits per heavy atom. The first-order valence-electron chi connectivity index (χ1n) is 6.23. The van der Waals surface area contributed by atoms with Crippen LogP contribution in [0.25, 0.3) is 0 Å². The Bertz CT molecular complexity index is 483. The fourth-order valence-corrected chi connectivity index (χ4v) is 3.04. The van der Waals surface area contributed by atoms with Crippen molar-refractivity contribution < 1.29 is 19.4 Å². The standard InChI is InChI=1S/C13H17NO4S/c1-7(2)9-3-4-18-11(9)12(15)14-10-5-8(6-19-10)13(16)17/h5-7,9,11H,3-4H2,1-2H3,(H,14,15)(H,16,17)/t9-,11-/m0/s1. The molecule has 0 aliphatic carbocycles. The minimum Gasteiger partial charge on any atom is -0.478 e. The summed E-state index contributed by atoms with van der Waals surface area (Å²) in [5.74, 6) is -0.570. The number of hydrogen-bond acceptors (Lipinski definition) is 4. The maximum atomic E-state index is 12.1. The molecule has 2 heterocycles. The zero-order valence-electron chi connectivity index (χ0n) is 10.9. The Hall–Kier alpha value is -1.40. The fraction of sp³-hybridized carbons (Fsp3) is 0.538. The Morgan fingerprint density at radius 2 is 2.26 bits per heavy atom. The van der Waals surface area contributed by atoms with E-state index in [2.05, 4.69) is 19.2 Å². The van der Waals surface area contributed by atoms with E-state index >= 15 is 0 Å². The molecule has 0 radical (unpaired) electrons. The lowest BCUT2D eigenvalue weighted by Gasteiger charge is -2.20. The molecule has 1 saturated heterocycles. The quantitative estimate of drug-likeness (QED) is 0.890. The van der Waals surface area contributed by atoms with Crippen LogP contribution in [-0.2, 0) is 9.53 Å². The molecule has 0 spiro atoms. The van der Waals surface area contributed by atoms with Crippen molar-refractivity contribution in [1.29, 1.82) is 0 Å². The van der Waals surface area contributed by atoms with Gasteiger partial charge in [0.05, 0.1) is 10.6 Å². The van der Waals surface area contributed by atoms with Crippen LogP contribution in [0.4, 0.5) is 5.00 Å². The Kier molecular flexibility index (Phi) is 4.21. The van der Waals surface area contributed by atoms with E-state index in [1.807, 2.05) is 0 Å². The lowest BCUT2D eigenvalue weighted by molar-refractivity contribution is -0.126. The smallest absolute Gasteiger partial charge is 0.336 e. The third-order valence-corrected chi connectivity index (χ3v) is 4.19. The summed E-state index contributed by atoms with van der Waals surface area (Å²) >= 11 is 1.21. The number of ether oxygens (including phenoxy) is 1. The zero-order chi connectivity index (χ0) is 14.0. The van der Waals surface area contributed by atoms with Gasteiger partial charge in [0.1, 0.15) is 6.10 Å². The highest BCUT2D eigenvalue weighted by molar-refractivity contribution is 7.14. The van der Waals surface area contributed by atoms with Gasteiger partial charge in [-0.1, -0.05) is 13.8 Å². The van der Waals surface area contributed by atoms with Gasteiger partial charge in [0, 0.05) is 12.0 Å². The molecule has 1 aromatic rings. The van der Waals surface area contributed by atoms with Crippen LogP contribution < -0.4 is 5.32 Å². The third-order valence-electron chi connectivity index (χ3n) is 3.34. The number of thiophene rings is 1. The van der Waals surface area contributed by atoms with E-state index in [1.165, 1.54) is 22.8 Å². The SMILES string of the molecule is CC(C)[C@@H]1CCO[C@@H]1C(=O)Nc1cc(C(=O)O)cs1. The molecule has 1 fully saturated rings. The summed E-state index contributed by atoms with van der Waals surface area (Å²) in [6, 6.07) is 1.46. The van der Waals surface area contributed by atoms with Crippen LogP contribution in [0.2, 0.25) is 0 Å². The summed E-state index contributed by atoms with van der Waals surface area (Å²) in [5, 5.41) is 13.6. The summed E-state index contributed by atoms with van der Waals surface area (Å²) in [5.41, 5.74) is 0.188. The van der Waals surface area contributed by atoms with Crippen LogP contribution in [0, 0.1) is 11.8 Å². The molecule has 1 aliphatic rings. The van der Waals surface area contributed by atoms with E-state index in [1.54, 1.807) is 0 Å².